The van der Waals surface area contributed by atoms with Gasteiger partial charge in [-0.1, -0.05) is 0 Å². The standard InChI is InChI=1S/C11H11F3O3/c1-7(2)16-9-4-3-8(6-15)5-10(9)17-11(12,13)14/h3-7H,1-2H3. The van der Waals surface area contributed by atoms with Gasteiger partial charge in [-0.2, -0.15) is 0 Å². The van der Waals surface area contributed by atoms with E-state index in [0.717, 1.165) is 6.07 Å². The predicted octanol–water partition coefficient (Wildman–Crippen LogP) is 3.18. The van der Waals surface area contributed by atoms with Crippen LogP contribution in [0.15, 0.2) is 18.2 Å². The summed E-state index contributed by atoms with van der Waals surface area (Å²) in [5.41, 5.74) is 0.0837. The highest BCUT2D eigenvalue weighted by Crippen LogP contribution is 2.33. The van der Waals surface area contributed by atoms with Gasteiger partial charge in [0.1, 0.15) is 6.29 Å². The van der Waals surface area contributed by atoms with Gasteiger partial charge in [-0.3, -0.25) is 4.79 Å². The molecule has 0 amide bonds. The first kappa shape index (κ1) is 13.3. The highest BCUT2D eigenvalue weighted by Gasteiger charge is 2.32. The first-order chi connectivity index (χ1) is 7.81. The van der Waals surface area contributed by atoms with Crippen molar-refractivity contribution < 1.29 is 27.4 Å². The lowest BCUT2D eigenvalue weighted by molar-refractivity contribution is -0.275. The zero-order valence-electron chi connectivity index (χ0n) is 9.25. The molecule has 3 nitrogen and oxygen atoms in total. The van der Waals surface area contributed by atoms with Gasteiger partial charge >= 0.3 is 6.36 Å². The van der Waals surface area contributed by atoms with E-state index in [-0.39, 0.29) is 17.4 Å². The van der Waals surface area contributed by atoms with Crippen LogP contribution in [0, 0.1) is 0 Å². The Morgan fingerprint density at radius 3 is 2.35 bits per heavy atom. The fourth-order valence-corrected chi connectivity index (χ4v) is 1.15. The zero-order chi connectivity index (χ0) is 13.1. The lowest BCUT2D eigenvalue weighted by atomic mass is 10.2. The van der Waals surface area contributed by atoms with Crippen LogP contribution in [0.25, 0.3) is 0 Å². The molecule has 94 valence electrons. The minimum atomic E-state index is -4.82. The van der Waals surface area contributed by atoms with Crippen LogP contribution in [0.3, 0.4) is 0 Å². The molecule has 17 heavy (non-hydrogen) atoms. The number of alkyl halides is 3. The number of hydrogen-bond acceptors (Lipinski definition) is 3. The Labute approximate surface area is 96.1 Å². The fourth-order valence-electron chi connectivity index (χ4n) is 1.15. The van der Waals surface area contributed by atoms with E-state index in [4.69, 9.17) is 4.74 Å². The van der Waals surface area contributed by atoms with E-state index in [9.17, 15) is 18.0 Å². The van der Waals surface area contributed by atoms with Gasteiger partial charge in [-0.05, 0) is 32.0 Å². The number of hydrogen-bond donors (Lipinski definition) is 0. The van der Waals surface area contributed by atoms with Crippen LogP contribution < -0.4 is 9.47 Å². The topological polar surface area (TPSA) is 35.5 Å². The first-order valence-corrected chi connectivity index (χ1v) is 4.83. The Balaban J connectivity index is 3.07. The number of carbonyl (C=O) groups is 1. The molecule has 0 aliphatic carbocycles. The molecule has 6 heteroatoms. The molecule has 1 aromatic rings. The van der Waals surface area contributed by atoms with Crippen molar-refractivity contribution in [3.63, 3.8) is 0 Å². The molecule has 0 heterocycles. The summed E-state index contributed by atoms with van der Waals surface area (Å²) >= 11 is 0. The molecule has 0 aliphatic heterocycles. The van der Waals surface area contributed by atoms with E-state index in [2.05, 4.69) is 4.74 Å². The minimum Gasteiger partial charge on any atom is -0.487 e. The summed E-state index contributed by atoms with van der Waals surface area (Å²) in [7, 11) is 0. The molecule has 0 radical (unpaired) electrons. The molecule has 1 aromatic carbocycles. The Hall–Kier alpha value is -1.72. The van der Waals surface area contributed by atoms with Gasteiger partial charge in [-0.15, -0.1) is 13.2 Å². The third-order valence-electron chi connectivity index (χ3n) is 1.69. The van der Waals surface area contributed by atoms with Gasteiger partial charge in [0, 0.05) is 5.56 Å². The van der Waals surface area contributed by atoms with Crippen molar-refractivity contribution in [3.8, 4) is 11.5 Å². The third-order valence-corrected chi connectivity index (χ3v) is 1.69. The Morgan fingerprint density at radius 2 is 1.88 bits per heavy atom. The van der Waals surface area contributed by atoms with Gasteiger partial charge in [0.15, 0.2) is 11.5 Å². The van der Waals surface area contributed by atoms with Crippen molar-refractivity contribution in [1.29, 1.82) is 0 Å². The number of halogens is 3. The maximum Gasteiger partial charge on any atom is 0.573 e. The summed E-state index contributed by atoms with van der Waals surface area (Å²) < 4.78 is 45.3. The fraction of sp³-hybridized carbons (Fsp3) is 0.364. The normalized spacial score (nSPS) is 11.4. The first-order valence-electron chi connectivity index (χ1n) is 4.83. The molecule has 0 saturated heterocycles. The Kier molecular flexibility index (Phi) is 3.98. The molecule has 1 rings (SSSR count). The molecule has 0 unspecified atom stereocenters. The van der Waals surface area contributed by atoms with E-state index in [1.807, 2.05) is 0 Å². The molecule has 0 aromatic heterocycles. The molecule has 0 atom stereocenters. The van der Waals surface area contributed by atoms with E-state index >= 15 is 0 Å². The highest BCUT2D eigenvalue weighted by molar-refractivity contribution is 5.76. The third kappa shape index (κ3) is 4.34. The second-order valence-electron chi connectivity index (χ2n) is 3.54. The van der Waals surface area contributed by atoms with Crippen molar-refractivity contribution in [3.05, 3.63) is 23.8 Å². The second-order valence-corrected chi connectivity index (χ2v) is 3.54. The van der Waals surface area contributed by atoms with Crippen molar-refractivity contribution in [2.45, 2.75) is 26.3 Å². The molecule has 0 aliphatic rings. The van der Waals surface area contributed by atoms with Gasteiger partial charge in [0.05, 0.1) is 6.10 Å². The highest BCUT2D eigenvalue weighted by atomic mass is 19.4. The SMILES string of the molecule is CC(C)Oc1ccc(C=O)cc1OC(F)(F)F. The smallest absolute Gasteiger partial charge is 0.487 e. The predicted molar refractivity (Wildman–Crippen MR) is 54.3 cm³/mol. The second kappa shape index (κ2) is 5.07. The summed E-state index contributed by atoms with van der Waals surface area (Å²) in [6.07, 6.45) is -4.69. The molecule has 0 fully saturated rings. The maximum atomic E-state index is 12.1. The van der Waals surface area contributed by atoms with Crippen molar-refractivity contribution >= 4 is 6.29 Å². The summed E-state index contributed by atoms with van der Waals surface area (Å²) in [4.78, 5) is 10.5. The van der Waals surface area contributed by atoms with Gasteiger partial charge in [0.2, 0.25) is 0 Å². The monoisotopic (exact) mass is 248 g/mol. The molecular formula is C11H11F3O3. The Bertz CT molecular complexity index is 399. The van der Waals surface area contributed by atoms with E-state index < -0.39 is 12.1 Å². The number of aldehydes is 1. The summed E-state index contributed by atoms with van der Waals surface area (Å²) in [5, 5.41) is 0. The summed E-state index contributed by atoms with van der Waals surface area (Å²) in [5.74, 6) is -0.571. The zero-order valence-corrected chi connectivity index (χ0v) is 9.25. The van der Waals surface area contributed by atoms with Crippen LogP contribution in [-0.2, 0) is 0 Å². The van der Waals surface area contributed by atoms with Crippen LogP contribution in [0.1, 0.15) is 24.2 Å². The quantitative estimate of drug-likeness (QED) is 0.767. The number of carbonyl (C=O) groups excluding carboxylic acids is 1. The largest absolute Gasteiger partial charge is 0.573 e. The molecule has 0 saturated carbocycles. The number of rotatable bonds is 4. The van der Waals surface area contributed by atoms with Gasteiger partial charge in [0.25, 0.3) is 0 Å². The van der Waals surface area contributed by atoms with Crippen LogP contribution in [0.2, 0.25) is 0 Å². The van der Waals surface area contributed by atoms with Crippen LogP contribution in [0.5, 0.6) is 11.5 Å². The summed E-state index contributed by atoms with van der Waals surface area (Å²) in [6.45, 7) is 3.34. The van der Waals surface area contributed by atoms with E-state index in [0.29, 0.717) is 6.29 Å². The number of ether oxygens (including phenoxy) is 2. The van der Waals surface area contributed by atoms with Crippen molar-refractivity contribution in [1.82, 2.24) is 0 Å². The van der Waals surface area contributed by atoms with Crippen LogP contribution >= 0.6 is 0 Å². The minimum absolute atomic E-state index is 0.0528. The van der Waals surface area contributed by atoms with Crippen molar-refractivity contribution in [2.24, 2.45) is 0 Å². The lowest BCUT2D eigenvalue weighted by Gasteiger charge is -2.16. The average Bonchev–Trinajstić information content (AvgIpc) is 2.17. The van der Waals surface area contributed by atoms with Gasteiger partial charge in [-0.25, -0.2) is 0 Å². The number of benzene rings is 1. The molecule has 0 spiro atoms. The van der Waals surface area contributed by atoms with E-state index in [1.165, 1.54) is 12.1 Å². The van der Waals surface area contributed by atoms with E-state index in [1.54, 1.807) is 13.8 Å². The summed E-state index contributed by atoms with van der Waals surface area (Å²) in [6, 6.07) is 3.61. The molecule has 0 bridgehead atoms. The lowest BCUT2D eigenvalue weighted by Crippen LogP contribution is -2.18. The van der Waals surface area contributed by atoms with Crippen LogP contribution in [-0.4, -0.2) is 18.8 Å². The average molecular weight is 248 g/mol. The Morgan fingerprint density at radius 1 is 1.24 bits per heavy atom. The van der Waals surface area contributed by atoms with Gasteiger partial charge < -0.3 is 9.47 Å². The molecule has 0 N–H and O–H groups in total. The molecular weight excluding hydrogens is 237 g/mol. The maximum absolute atomic E-state index is 12.1. The van der Waals surface area contributed by atoms with Crippen LogP contribution in [0.4, 0.5) is 13.2 Å². The van der Waals surface area contributed by atoms with Crippen molar-refractivity contribution in [2.75, 3.05) is 0 Å².